The average Bonchev–Trinajstić information content (AvgIpc) is 3.05. The Morgan fingerprint density at radius 3 is 2.60 bits per heavy atom. The molecule has 0 bridgehead atoms. The largest absolute Gasteiger partial charge is 0.479 e. The highest BCUT2D eigenvalue weighted by atomic mass is 16.5. The first-order chi connectivity index (χ1) is 9.56. The standard InChI is InChI=1S/C14H22N2O4/c1-9-7-15-6-2-3-10(15)8-16(9)13(17)11-4-5-12(20-11)14(18)19/h9-12H,2-8H2,1H3,(H,18,19). The molecule has 0 radical (unpaired) electrons. The summed E-state index contributed by atoms with van der Waals surface area (Å²) in [6.07, 6.45) is 1.94. The molecule has 3 rings (SSSR count). The summed E-state index contributed by atoms with van der Waals surface area (Å²) in [6.45, 7) is 4.89. The molecule has 0 aliphatic carbocycles. The minimum absolute atomic E-state index is 0.0206. The minimum Gasteiger partial charge on any atom is -0.479 e. The molecule has 0 saturated carbocycles. The summed E-state index contributed by atoms with van der Waals surface area (Å²) in [5.41, 5.74) is 0. The second kappa shape index (κ2) is 5.33. The zero-order valence-electron chi connectivity index (χ0n) is 11.8. The Balaban J connectivity index is 1.63. The third kappa shape index (κ3) is 2.42. The molecule has 112 valence electrons. The molecule has 3 heterocycles. The van der Waals surface area contributed by atoms with Crippen LogP contribution in [0.3, 0.4) is 0 Å². The van der Waals surface area contributed by atoms with Crippen molar-refractivity contribution in [1.82, 2.24) is 9.80 Å². The Hall–Kier alpha value is -1.14. The number of amides is 1. The summed E-state index contributed by atoms with van der Waals surface area (Å²) >= 11 is 0. The molecule has 6 heteroatoms. The maximum Gasteiger partial charge on any atom is 0.332 e. The van der Waals surface area contributed by atoms with Crippen LogP contribution in [0.1, 0.15) is 32.6 Å². The molecule has 0 aromatic carbocycles. The molecule has 3 aliphatic rings. The van der Waals surface area contributed by atoms with E-state index in [9.17, 15) is 9.59 Å². The molecule has 0 aromatic heterocycles. The van der Waals surface area contributed by atoms with E-state index in [1.54, 1.807) is 0 Å². The molecule has 3 fully saturated rings. The number of fused-ring (bicyclic) bond motifs is 1. The number of ether oxygens (including phenoxy) is 1. The van der Waals surface area contributed by atoms with Gasteiger partial charge in [0.15, 0.2) is 6.10 Å². The summed E-state index contributed by atoms with van der Waals surface area (Å²) in [6, 6.07) is 0.663. The third-order valence-electron chi connectivity index (χ3n) is 4.79. The number of carboxylic acid groups (broad SMARTS) is 1. The van der Waals surface area contributed by atoms with E-state index in [-0.39, 0.29) is 11.9 Å². The predicted molar refractivity (Wildman–Crippen MR) is 71.3 cm³/mol. The molecule has 6 nitrogen and oxygen atoms in total. The summed E-state index contributed by atoms with van der Waals surface area (Å²) < 4.78 is 5.39. The number of hydrogen-bond donors (Lipinski definition) is 1. The number of carbonyl (C=O) groups excluding carboxylic acids is 1. The van der Waals surface area contributed by atoms with Crippen LogP contribution in [0.5, 0.6) is 0 Å². The molecule has 0 spiro atoms. The van der Waals surface area contributed by atoms with Crippen molar-refractivity contribution in [3.63, 3.8) is 0 Å². The van der Waals surface area contributed by atoms with Crippen LogP contribution in [0, 0.1) is 0 Å². The van der Waals surface area contributed by atoms with Crippen LogP contribution in [0.25, 0.3) is 0 Å². The van der Waals surface area contributed by atoms with Crippen molar-refractivity contribution in [2.75, 3.05) is 19.6 Å². The highest BCUT2D eigenvalue weighted by Gasteiger charge is 2.42. The Labute approximate surface area is 118 Å². The van der Waals surface area contributed by atoms with E-state index >= 15 is 0 Å². The van der Waals surface area contributed by atoms with Crippen molar-refractivity contribution >= 4 is 11.9 Å². The van der Waals surface area contributed by atoms with Crippen LogP contribution in [0.4, 0.5) is 0 Å². The lowest BCUT2D eigenvalue weighted by Crippen LogP contribution is -2.58. The van der Waals surface area contributed by atoms with E-state index in [2.05, 4.69) is 11.8 Å². The van der Waals surface area contributed by atoms with Crippen LogP contribution in [0.15, 0.2) is 0 Å². The fraction of sp³-hybridized carbons (Fsp3) is 0.857. The Morgan fingerprint density at radius 1 is 1.15 bits per heavy atom. The lowest BCUT2D eigenvalue weighted by Gasteiger charge is -2.43. The van der Waals surface area contributed by atoms with E-state index in [1.807, 2.05) is 4.90 Å². The highest BCUT2D eigenvalue weighted by molar-refractivity contribution is 5.83. The van der Waals surface area contributed by atoms with Gasteiger partial charge in [-0.2, -0.15) is 0 Å². The molecule has 1 amide bonds. The average molecular weight is 282 g/mol. The van der Waals surface area contributed by atoms with E-state index in [4.69, 9.17) is 9.84 Å². The van der Waals surface area contributed by atoms with Crippen molar-refractivity contribution in [2.24, 2.45) is 0 Å². The number of carboxylic acids is 1. The normalized spacial score (nSPS) is 38.0. The van der Waals surface area contributed by atoms with Gasteiger partial charge < -0.3 is 14.7 Å². The van der Waals surface area contributed by atoms with Gasteiger partial charge in [0.05, 0.1) is 0 Å². The van der Waals surface area contributed by atoms with Crippen LogP contribution in [-0.2, 0) is 14.3 Å². The lowest BCUT2D eigenvalue weighted by atomic mass is 10.1. The summed E-state index contributed by atoms with van der Waals surface area (Å²) in [5, 5.41) is 8.94. The third-order valence-corrected chi connectivity index (χ3v) is 4.79. The van der Waals surface area contributed by atoms with Crippen molar-refractivity contribution in [3.8, 4) is 0 Å². The molecule has 3 saturated heterocycles. The van der Waals surface area contributed by atoms with Gasteiger partial charge in [0.2, 0.25) is 0 Å². The van der Waals surface area contributed by atoms with Gasteiger partial charge in [-0.25, -0.2) is 4.79 Å². The molecular weight excluding hydrogens is 260 g/mol. The summed E-state index contributed by atoms with van der Waals surface area (Å²) in [7, 11) is 0. The first-order valence-corrected chi connectivity index (χ1v) is 7.49. The predicted octanol–water partition coefficient (Wildman–Crippen LogP) is 0.314. The molecule has 4 unspecified atom stereocenters. The van der Waals surface area contributed by atoms with E-state index in [0.29, 0.717) is 18.9 Å². The van der Waals surface area contributed by atoms with Gasteiger partial charge in [-0.05, 0) is 39.2 Å². The van der Waals surface area contributed by atoms with Gasteiger partial charge in [-0.3, -0.25) is 9.69 Å². The van der Waals surface area contributed by atoms with Gasteiger partial charge in [-0.15, -0.1) is 0 Å². The highest BCUT2D eigenvalue weighted by Crippen LogP contribution is 2.28. The van der Waals surface area contributed by atoms with Crippen LogP contribution < -0.4 is 0 Å². The fourth-order valence-electron chi connectivity index (χ4n) is 3.68. The number of piperazine rings is 1. The Bertz CT molecular complexity index is 414. The molecule has 0 aromatic rings. The van der Waals surface area contributed by atoms with Crippen molar-refractivity contribution in [2.45, 2.75) is 56.9 Å². The van der Waals surface area contributed by atoms with Crippen LogP contribution in [-0.4, -0.2) is 70.7 Å². The zero-order chi connectivity index (χ0) is 14.3. The number of carbonyl (C=O) groups is 2. The lowest BCUT2D eigenvalue weighted by molar-refractivity contribution is -0.157. The van der Waals surface area contributed by atoms with E-state index < -0.39 is 18.2 Å². The molecule has 4 atom stereocenters. The van der Waals surface area contributed by atoms with Gasteiger partial charge in [0, 0.05) is 25.2 Å². The monoisotopic (exact) mass is 282 g/mol. The van der Waals surface area contributed by atoms with Crippen LogP contribution in [0.2, 0.25) is 0 Å². The minimum atomic E-state index is -0.964. The summed E-state index contributed by atoms with van der Waals surface area (Å²) in [5.74, 6) is -0.984. The topological polar surface area (TPSA) is 70.1 Å². The van der Waals surface area contributed by atoms with Crippen LogP contribution >= 0.6 is 0 Å². The molecule has 20 heavy (non-hydrogen) atoms. The van der Waals surface area contributed by atoms with Crippen molar-refractivity contribution in [3.05, 3.63) is 0 Å². The van der Waals surface area contributed by atoms with Crippen molar-refractivity contribution in [1.29, 1.82) is 0 Å². The van der Waals surface area contributed by atoms with E-state index in [0.717, 1.165) is 26.1 Å². The first-order valence-electron chi connectivity index (χ1n) is 7.49. The Kier molecular flexibility index (Phi) is 3.69. The molecule has 1 N–H and O–H groups in total. The zero-order valence-corrected chi connectivity index (χ0v) is 11.8. The van der Waals surface area contributed by atoms with Gasteiger partial charge in [0.25, 0.3) is 5.91 Å². The maximum atomic E-state index is 12.6. The molecular formula is C14H22N2O4. The second-order valence-corrected chi connectivity index (χ2v) is 6.16. The van der Waals surface area contributed by atoms with Gasteiger partial charge in [-0.1, -0.05) is 0 Å². The number of nitrogens with zero attached hydrogens (tertiary/aromatic N) is 2. The van der Waals surface area contributed by atoms with Crippen molar-refractivity contribution < 1.29 is 19.4 Å². The number of aliphatic carboxylic acids is 1. The fourth-order valence-corrected chi connectivity index (χ4v) is 3.68. The molecule has 3 aliphatic heterocycles. The maximum absolute atomic E-state index is 12.6. The first kappa shape index (κ1) is 13.8. The van der Waals surface area contributed by atoms with Gasteiger partial charge >= 0.3 is 5.97 Å². The quantitative estimate of drug-likeness (QED) is 0.789. The van der Waals surface area contributed by atoms with E-state index in [1.165, 1.54) is 6.42 Å². The second-order valence-electron chi connectivity index (χ2n) is 6.16. The number of hydrogen-bond acceptors (Lipinski definition) is 4. The number of rotatable bonds is 2. The van der Waals surface area contributed by atoms with Gasteiger partial charge in [0.1, 0.15) is 6.10 Å². The SMILES string of the molecule is CC1CN2CCCC2CN1C(=O)C1CCC(C(=O)O)O1. The Morgan fingerprint density at radius 2 is 1.90 bits per heavy atom. The summed E-state index contributed by atoms with van der Waals surface area (Å²) in [4.78, 5) is 27.8. The smallest absolute Gasteiger partial charge is 0.332 e.